The average Bonchev–Trinajstić information content (AvgIpc) is 3.16. The fraction of sp³-hybridized carbons (Fsp3) is 0.524. The maximum absolute atomic E-state index is 12.7. The highest BCUT2D eigenvalue weighted by Crippen LogP contribution is 2.19. The number of nitrogens with one attached hydrogen (secondary N) is 2. The van der Waals surface area contributed by atoms with Crippen molar-refractivity contribution >= 4 is 21.7 Å². The Morgan fingerprint density at radius 3 is 2.52 bits per heavy atom. The summed E-state index contributed by atoms with van der Waals surface area (Å²) in [6.45, 7) is 3.77. The van der Waals surface area contributed by atoms with Crippen LogP contribution in [0.2, 0.25) is 0 Å². The molecule has 4 rings (SSSR count). The lowest BCUT2D eigenvalue weighted by Crippen LogP contribution is -2.40. The van der Waals surface area contributed by atoms with Gasteiger partial charge in [0.15, 0.2) is 0 Å². The zero-order valence-corrected chi connectivity index (χ0v) is 18.4. The Morgan fingerprint density at radius 1 is 1.10 bits per heavy atom. The van der Waals surface area contributed by atoms with E-state index in [1.807, 2.05) is 12.1 Å². The van der Waals surface area contributed by atoms with E-state index in [4.69, 9.17) is 4.74 Å². The molecule has 31 heavy (non-hydrogen) atoms. The fourth-order valence-corrected chi connectivity index (χ4v) is 5.28. The number of carbonyl (C=O) groups excluding carboxylic acids is 1. The molecule has 2 aliphatic rings. The molecule has 0 saturated carbocycles. The Labute approximate surface area is 182 Å². The van der Waals surface area contributed by atoms with Crippen molar-refractivity contribution in [1.82, 2.24) is 19.6 Å². The lowest BCUT2D eigenvalue weighted by atomic mass is 10.2. The smallest absolute Gasteiger partial charge is 0.268 e. The summed E-state index contributed by atoms with van der Waals surface area (Å²) in [5, 5.41) is 2.82. The summed E-state index contributed by atoms with van der Waals surface area (Å²) >= 11 is 0. The van der Waals surface area contributed by atoms with Crippen molar-refractivity contribution < 1.29 is 17.9 Å². The highest BCUT2D eigenvalue weighted by molar-refractivity contribution is 7.89. The first-order valence-electron chi connectivity index (χ1n) is 10.8. The number of hydrogen-bond donors (Lipinski definition) is 2. The van der Waals surface area contributed by atoms with Gasteiger partial charge in [-0.25, -0.2) is 13.4 Å². The number of ether oxygens (including phenoxy) is 1. The molecule has 0 radical (unpaired) electrons. The third-order valence-electron chi connectivity index (χ3n) is 5.70. The van der Waals surface area contributed by atoms with Crippen molar-refractivity contribution in [2.45, 2.75) is 37.1 Å². The van der Waals surface area contributed by atoms with E-state index in [1.54, 1.807) is 6.20 Å². The first-order valence-corrected chi connectivity index (χ1v) is 12.2. The summed E-state index contributed by atoms with van der Waals surface area (Å²) in [5.74, 6) is 0.610. The molecule has 0 spiro atoms. The Bertz CT molecular complexity index is 975. The predicted octanol–water partition coefficient (Wildman–Crippen LogP) is 1.74. The van der Waals surface area contributed by atoms with Gasteiger partial charge in [-0.1, -0.05) is 18.9 Å². The SMILES string of the molecule is O=C(NCc1ccc(N2CCCCCC2)nc1)c1cc(S(=O)(=O)N2CCOCC2)c[nH]1. The third-order valence-corrected chi connectivity index (χ3v) is 7.58. The monoisotopic (exact) mass is 447 g/mol. The summed E-state index contributed by atoms with van der Waals surface area (Å²) < 4.78 is 32.0. The first kappa shape index (κ1) is 21.8. The number of rotatable bonds is 6. The molecular weight excluding hydrogens is 418 g/mol. The summed E-state index contributed by atoms with van der Waals surface area (Å²) in [5.41, 5.74) is 1.10. The quantitative estimate of drug-likeness (QED) is 0.699. The van der Waals surface area contributed by atoms with Crippen molar-refractivity contribution in [2.24, 2.45) is 0 Å². The van der Waals surface area contributed by atoms with Crippen molar-refractivity contribution in [3.63, 3.8) is 0 Å². The molecule has 2 aromatic heterocycles. The molecule has 2 fully saturated rings. The number of pyridine rings is 1. The highest BCUT2D eigenvalue weighted by Gasteiger charge is 2.28. The molecule has 9 nitrogen and oxygen atoms in total. The van der Waals surface area contributed by atoms with Gasteiger partial charge < -0.3 is 19.9 Å². The molecular formula is C21H29N5O4S. The van der Waals surface area contributed by atoms with Gasteiger partial charge in [-0.3, -0.25) is 4.79 Å². The molecule has 2 N–H and O–H groups in total. The number of aromatic amines is 1. The van der Waals surface area contributed by atoms with Crippen LogP contribution in [0.15, 0.2) is 35.5 Å². The van der Waals surface area contributed by atoms with Crippen molar-refractivity contribution in [2.75, 3.05) is 44.3 Å². The van der Waals surface area contributed by atoms with Crippen molar-refractivity contribution in [1.29, 1.82) is 0 Å². The maximum atomic E-state index is 12.7. The number of hydrogen-bond acceptors (Lipinski definition) is 6. The number of amides is 1. The van der Waals surface area contributed by atoms with E-state index in [9.17, 15) is 13.2 Å². The van der Waals surface area contributed by atoms with E-state index in [2.05, 4.69) is 20.2 Å². The number of morpholine rings is 1. The van der Waals surface area contributed by atoms with E-state index in [0.29, 0.717) is 32.8 Å². The summed E-state index contributed by atoms with van der Waals surface area (Å²) in [6, 6.07) is 5.34. The molecule has 1 amide bonds. The second kappa shape index (κ2) is 9.80. The third kappa shape index (κ3) is 5.25. The Hall–Kier alpha value is -2.43. The minimum Gasteiger partial charge on any atom is -0.379 e. The largest absolute Gasteiger partial charge is 0.379 e. The maximum Gasteiger partial charge on any atom is 0.268 e. The number of aromatic nitrogens is 2. The Morgan fingerprint density at radius 2 is 1.84 bits per heavy atom. The number of nitrogens with zero attached hydrogens (tertiary/aromatic N) is 3. The minimum absolute atomic E-state index is 0.0861. The zero-order chi connectivity index (χ0) is 21.7. The molecule has 2 aliphatic heterocycles. The van der Waals surface area contributed by atoms with Gasteiger partial charge in [-0.15, -0.1) is 0 Å². The van der Waals surface area contributed by atoms with Gasteiger partial charge in [0, 0.05) is 45.1 Å². The van der Waals surface area contributed by atoms with Crippen LogP contribution in [0.4, 0.5) is 5.82 Å². The van der Waals surface area contributed by atoms with Crippen LogP contribution in [0.3, 0.4) is 0 Å². The second-order valence-electron chi connectivity index (χ2n) is 7.87. The van der Waals surface area contributed by atoms with Crippen LogP contribution in [0.1, 0.15) is 41.7 Å². The summed E-state index contributed by atoms with van der Waals surface area (Å²) in [6.07, 6.45) is 8.07. The molecule has 4 heterocycles. The fourth-order valence-electron chi connectivity index (χ4n) is 3.88. The van der Waals surface area contributed by atoms with Gasteiger partial charge >= 0.3 is 0 Å². The Kier molecular flexibility index (Phi) is 6.89. The van der Waals surface area contributed by atoms with Crippen molar-refractivity contribution in [3.8, 4) is 0 Å². The zero-order valence-electron chi connectivity index (χ0n) is 17.5. The molecule has 2 aromatic rings. The van der Waals surface area contributed by atoms with Gasteiger partial charge in [-0.2, -0.15) is 4.31 Å². The van der Waals surface area contributed by atoms with Gasteiger partial charge in [0.25, 0.3) is 5.91 Å². The molecule has 0 bridgehead atoms. The average molecular weight is 448 g/mol. The van der Waals surface area contributed by atoms with Crippen LogP contribution in [0.5, 0.6) is 0 Å². The van der Waals surface area contributed by atoms with Gasteiger partial charge in [0.1, 0.15) is 16.4 Å². The van der Waals surface area contributed by atoms with Crippen LogP contribution in [-0.4, -0.2) is 68.0 Å². The molecule has 10 heteroatoms. The van der Waals surface area contributed by atoms with Crippen LogP contribution >= 0.6 is 0 Å². The topological polar surface area (TPSA) is 108 Å². The van der Waals surface area contributed by atoms with Gasteiger partial charge in [-0.05, 0) is 30.5 Å². The minimum atomic E-state index is -3.63. The normalized spacial score (nSPS) is 18.5. The van der Waals surface area contributed by atoms with E-state index >= 15 is 0 Å². The molecule has 0 aliphatic carbocycles. The van der Waals surface area contributed by atoms with E-state index in [-0.39, 0.29) is 16.5 Å². The Balaban J connectivity index is 1.34. The van der Waals surface area contributed by atoms with Crippen LogP contribution < -0.4 is 10.2 Å². The highest BCUT2D eigenvalue weighted by atomic mass is 32.2. The number of H-pyrrole nitrogens is 1. The predicted molar refractivity (Wildman–Crippen MR) is 116 cm³/mol. The van der Waals surface area contributed by atoms with E-state index in [0.717, 1.165) is 24.5 Å². The van der Waals surface area contributed by atoms with E-state index in [1.165, 1.54) is 42.3 Å². The first-order chi connectivity index (χ1) is 15.0. The molecule has 2 saturated heterocycles. The molecule has 168 valence electrons. The van der Waals surface area contributed by atoms with Gasteiger partial charge in [0.05, 0.1) is 13.2 Å². The lowest BCUT2D eigenvalue weighted by Gasteiger charge is -2.25. The summed E-state index contributed by atoms with van der Waals surface area (Å²) in [4.78, 5) is 22.2. The lowest BCUT2D eigenvalue weighted by molar-refractivity contribution is 0.0730. The number of carbonyl (C=O) groups is 1. The molecule has 0 atom stereocenters. The van der Waals surface area contributed by atoms with Crippen molar-refractivity contribution in [3.05, 3.63) is 41.9 Å². The van der Waals surface area contributed by atoms with Crippen LogP contribution in [0, 0.1) is 0 Å². The standard InChI is InChI=1S/C21H29N5O4S/c27-21(19-13-18(16-22-19)31(28,29)26-9-11-30-12-10-26)24-15-17-5-6-20(23-14-17)25-7-3-1-2-4-8-25/h5-6,13-14,16,22H,1-4,7-12,15H2,(H,24,27). The second-order valence-corrected chi connectivity index (χ2v) is 9.81. The van der Waals surface area contributed by atoms with Crippen LogP contribution in [-0.2, 0) is 21.3 Å². The molecule has 0 aromatic carbocycles. The number of anilines is 1. The summed E-state index contributed by atoms with van der Waals surface area (Å²) in [7, 11) is -3.63. The van der Waals surface area contributed by atoms with Gasteiger partial charge in [0.2, 0.25) is 10.0 Å². The number of sulfonamides is 1. The van der Waals surface area contributed by atoms with Crippen LogP contribution in [0.25, 0.3) is 0 Å². The molecule has 0 unspecified atom stereocenters. The van der Waals surface area contributed by atoms with E-state index < -0.39 is 10.0 Å².